The maximum atomic E-state index is 10.8. The largest absolute Gasteiger partial charge is 0.389 e. The van der Waals surface area contributed by atoms with Gasteiger partial charge in [-0.3, -0.25) is 0 Å². The number of hydrogen-bond donors (Lipinski definition) is 1. The van der Waals surface area contributed by atoms with E-state index in [1.807, 2.05) is 60.7 Å². The SMILES string of the molecule is [N-]=[N+]=N[C@@H]1[C@@H](O)[C@H](Sc2ccccc2)O[C@@H]2CO[C@@H](c3ccccc3)O[C@@H]12. The number of rotatable bonds is 4. The topological polar surface area (TPSA) is 96.7 Å². The van der Waals surface area contributed by atoms with Crippen LogP contribution in [0.4, 0.5) is 0 Å². The molecule has 2 aromatic rings. The van der Waals surface area contributed by atoms with Gasteiger partial charge in [0.2, 0.25) is 0 Å². The first-order chi connectivity index (χ1) is 13.3. The summed E-state index contributed by atoms with van der Waals surface area (Å²) in [7, 11) is 0. The third kappa shape index (κ3) is 3.96. The quantitative estimate of drug-likeness (QED) is 0.492. The number of azide groups is 1. The maximum absolute atomic E-state index is 10.8. The molecule has 0 amide bonds. The van der Waals surface area contributed by atoms with Gasteiger partial charge in [0.25, 0.3) is 0 Å². The van der Waals surface area contributed by atoms with Crippen LogP contribution in [-0.2, 0) is 14.2 Å². The summed E-state index contributed by atoms with van der Waals surface area (Å²) in [6.45, 7) is 0.292. The smallest absolute Gasteiger partial charge is 0.184 e. The van der Waals surface area contributed by atoms with E-state index in [1.54, 1.807) is 0 Å². The van der Waals surface area contributed by atoms with Crippen molar-refractivity contribution in [2.75, 3.05) is 6.61 Å². The molecule has 27 heavy (non-hydrogen) atoms. The van der Waals surface area contributed by atoms with Gasteiger partial charge in [0.1, 0.15) is 23.7 Å². The average Bonchev–Trinajstić information content (AvgIpc) is 2.72. The van der Waals surface area contributed by atoms with Crippen molar-refractivity contribution in [1.29, 1.82) is 0 Å². The Morgan fingerprint density at radius 2 is 1.74 bits per heavy atom. The molecule has 2 aliphatic heterocycles. The Kier molecular flexibility index (Phi) is 5.63. The summed E-state index contributed by atoms with van der Waals surface area (Å²) in [5, 5.41) is 14.6. The number of aliphatic hydroxyl groups is 1. The van der Waals surface area contributed by atoms with Crippen molar-refractivity contribution >= 4 is 11.8 Å². The highest BCUT2D eigenvalue weighted by Crippen LogP contribution is 2.39. The van der Waals surface area contributed by atoms with Crippen molar-refractivity contribution in [3.05, 3.63) is 76.7 Å². The average molecular weight is 385 g/mol. The van der Waals surface area contributed by atoms with Crippen LogP contribution in [0.1, 0.15) is 11.9 Å². The second-order valence-corrected chi connectivity index (χ2v) is 7.51. The molecule has 2 aliphatic rings. The summed E-state index contributed by atoms with van der Waals surface area (Å²) in [6, 6.07) is 18.4. The van der Waals surface area contributed by atoms with Gasteiger partial charge in [0.05, 0.1) is 12.6 Å². The van der Waals surface area contributed by atoms with Crippen LogP contribution in [0, 0.1) is 0 Å². The Bertz CT molecular complexity index is 803. The van der Waals surface area contributed by atoms with Crippen molar-refractivity contribution in [3.8, 4) is 0 Å². The molecule has 0 unspecified atom stereocenters. The summed E-state index contributed by atoms with van der Waals surface area (Å²) in [4.78, 5) is 3.88. The van der Waals surface area contributed by atoms with Crippen LogP contribution < -0.4 is 0 Å². The van der Waals surface area contributed by atoms with Crippen molar-refractivity contribution in [2.24, 2.45) is 5.11 Å². The van der Waals surface area contributed by atoms with Crippen LogP contribution in [0.5, 0.6) is 0 Å². The lowest BCUT2D eigenvalue weighted by atomic mass is 9.97. The van der Waals surface area contributed by atoms with Gasteiger partial charge in [-0.15, -0.1) is 0 Å². The van der Waals surface area contributed by atoms with Crippen LogP contribution in [0.2, 0.25) is 0 Å². The molecule has 1 N–H and O–H groups in total. The molecule has 0 radical (unpaired) electrons. The van der Waals surface area contributed by atoms with Gasteiger partial charge in [0, 0.05) is 15.4 Å². The van der Waals surface area contributed by atoms with Crippen molar-refractivity contribution < 1.29 is 19.3 Å². The molecule has 0 aromatic heterocycles. The molecular formula is C19H19N3O4S. The summed E-state index contributed by atoms with van der Waals surface area (Å²) in [5.74, 6) is 0. The second kappa shape index (κ2) is 8.31. The molecule has 6 atom stereocenters. The summed E-state index contributed by atoms with van der Waals surface area (Å²) in [6.07, 6.45) is -2.59. The lowest BCUT2D eigenvalue weighted by Gasteiger charge is -2.46. The van der Waals surface area contributed by atoms with Crippen molar-refractivity contribution in [2.45, 2.75) is 41.0 Å². The maximum Gasteiger partial charge on any atom is 0.184 e. The highest BCUT2D eigenvalue weighted by molar-refractivity contribution is 7.99. The van der Waals surface area contributed by atoms with Crippen LogP contribution >= 0.6 is 11.8 Å². The molecule has 7 nitrogen and oxygen atoms in total. The van der Waals surface area contributed by atoms with E-state index in [-0.39, 0.29) is 0 Å². The molecule has 8 heteroatoms. The number of benzene rings is 2. The Hall–Kier alpha value is -2.06. The highest BCUT2D eigenvalue weighted by Gasteiger charge is 2.49. The third-order valence-electron chi connectivity index (χ3n) is 4.59. The van der Waals surface area contributed by atoms with Gasteiger partial charge in [-0.1, -0.05) is 65.4 Å². The predicted octanol–water partition coefficient (Wildman–Crippen LogP) is 3.66. The monoisotopic (exact) mass is 385 g/mol. The van der Waals surface area contributed by atoms with E-state index in [2.05, 4.69) is 10.0 Å². The van der Waals surface area contributed by atoms with Gasteiger partial charge in [0.15, 0.2) is 6.29 Å². The molecule has 0 saturated carbocycles. The molecule has 2 heterocycles. The lowest BCUT2D eigenvalue weighted by Crippen LogP contribution is -2.60. The number of thioether (sulfide) groups is 1. The number of hydrogen-bond acceptors (Lipinski definition) is 6. The van der Waals surface area contributed by atoms with E-state index in [4.69, 9.17) is 19.7 Å². The summed E-state index contributed by atoms with van der Waals surface area (Å²) in [5.41, 5.74) is 9.29. The zero-order chi connectivity index (χ0) is 18.6. The molecule has 0 spiro atoms. The van der Waals surface area contributed by atoms with E-state index < -0.39 is 36.1 Å². The fourth-order valence-corrected chi connectivity index (χ4v) is 4.36. The number of ether oxygens (including phenoxy) is 3. The normalized spacial score (nSPS) is 32.9. The lowest BCUT2D eigenvalue weighted by molar-refractivity contribution is -0.297. The first kappa shape index (κ1) is 18.3. The Morgan fingerprint density at radius 1 is 1.04 bits per heavy atom. The van der Waals surface area contributed by atoms with E-state index in [0.717, 1.165) is 10.5 Å². The van der Waals surface area contributed by atoms with Crippen LogP contribution in [-0.4, -0.2) is 41.5 Å². The number of nitrogens with zero attached hydrogens (tertiary/aromatic N) is 3. The first-order valence-electron chi connectivity index (χ1n) is 8.68. The summed E-state index contributed by atoms with van der Waals surface area (Å²) < 4.78 is 17.9. The van der Waals surface area contributed by atoms with Crippen molar-refractivity contribution in [1.82, 2.24) is 0 Å². The highest BCUT2D eigenvalue weighted by atomic mass is 32.2. The van der Waals surface area contributed by atoms with Crippen LogP contribution in [0.25, 0.3) is 10.4 Å². The van der Waals surface area contributed by atoms with E-state index >= 15 is 0 Å². The second-order valence-electron chi connectivity index (χ2n) is 6.34. The predicted molar refractivity (Wildman–Crippen MR) is 99.9 cm³/mol. The standard InChI is InChI=1S/C19H19N3O4S/c20-22-21-15-16(23)19(27-13-9-5-2-6-10-13)25-14-11-24-18(26-17(14)15)12-7-3-1-4-8-12/h1-10,14-19,23H,11H2/t14-,15-,16-,17-,18-,19+/m1/s1. The van der Waals surface area contributed by atoms with E-state index in [0.29, 0.717) is 6.61 Å². The minimum Gasteiger partial charge on any atom is -0.389 e. The molecule has 0 bridgehead atoms. The van der Waals surface area contributed by atoms with Crippen molar-refractivity contribution in [3.63, 3.8) is 0 Å². The third-order valence-corrected chi connectivity index (χ3v) is 5.75. The Labute approximate surface area is 160 Å². The van der Waals surface area contributed by atoms with Crippen LogP contribution in [0.3, 0.4) is 0 Å². The molecular weight excluding hydrogens is 366 g/mol. The zero-order valence-corrected chi connectivity index (χ0v) is 15.2. The molecule has 140 valence electrons. The van der Waals surface area contributed by atoms with Gasteiger partial charge < -0.3 is 19.3 Å². The van der Waals surface area contributed by atoms with Gasteiger partial charge >= 0.3 is 0 Å². The first-order valence-corrected chi connectivity index (χ1v) is 9.55. The molecule has 4 rings (SSSR count). The molecule has 2 aromatic carbocycles. The van der Waals surface area contributed by atoms with Gasteiger partial charge in [-0.05, 0) is 17.7 Å². The molecule has 0 aliphatic carbocycles. The van der Waals surface area contributed by atoms with Gasteiger partial charge in [-0.25, -0.2) is 0 Å². The molecule has 2 saturated heterocycles. The zero-order valence-electron chi connectivity index (χ0n) is 14.4. The Morgan fingerprint density at radius 3 is 2.44 bits per heavy atom. The number of aliphatic hydroxyl groups excluding tert-OH is 1. The van der Waals surface area contributed by atoms with Crippen LogP contribution in [0.15, 0.2) is 70.7 Å². The van der Waals surface area contributed by atoms with E-state index in [9.17, 15) is 5.11 Å². The van der Waals surface area contributed by atoms with Gasteiger partial charge in [-0.2, -0.15) is 0 Å². The number of fused-ring (bicyclic) bond motifs is 1. The van der Waals surface area contributed by atoms with E-state index in [1.165, 1.54) is 11.8 Å². The summed E-state index contributed by atoms with van der Waals surface area (Å²) >= 11 is 1.39. The minimum atomic E-state index is -0.998. The molecule has 2 fully saturated rings. The fraction of sp³-hybridized carbons (Fsp3) is 0.368. The Balaban J connectivity index is 1.54. The minimum absolute atomic E-state index is 0.292. The fourth-order valence-electron chi connectivity index (χ4n) is 3.28.